The van der Waals surface area contributed by atoms with E-state index in [9.17, 15) is 18.0 Å². The molecule has 1 unspecified atom stereocenters. The van der Waals surface area contributed by atoms with Crippen LogP contribution in [0, 0.1) is 0 Å². The molecule has 2 rings (SSSR count). The van der Waals surface area contributed by atoms with Crippen LogP contribution in [-0.2, 0) is 13.0 Å². The molecule has 2 heterocycles. The fourth-order valence-electron chi connectivity index (χ4n) is 2.23. The van der Waals surface area contributed by atoms with Crippen LogP contribution in [0.4, 0.5) is 13.2 Å². The third kappa shape index (κ3) is 2.14. The van der Waals surface area contributed by atoms with E-state index < -0.39 is 23.7 Å². The van der Waals surface area contributed by atoms with Gasteiger partial charge < -0.3 is 10.3 Å². The first-order chi connectivity index (χ1) is 8.32. The van der Waals surface area contributed by atoms with Crippen molar-refractivity contribution in [3.63, 3.8) is 0 Å². The van der Waals surface area contributed by atoms with Gasteiger partial charge >= 0.3 is 6.18 Å². The van der Waals surface area contributed by atoms with Crippen molar-refractivity contribution >= 4 is 5.78 Å². The van der Waals surface area contributed by atoms with Gasteiger partial charge in [-0.15, -0.1) is 0 Å². The Morgan fingerprint density at radius 2 is 2.11 bits per heavy atom. The summed E-state index contributed by atoms with van der Waals surface area (Å²) in [6, 6.07) is -0.489. The zero-order valence-electron chi connectivity index (χ0n) is 9.92. The molecule has 1 aromatic rings. The highest BCUT2D eigenvalue weighted by atomic mass is 19.4. The first-order valence-corrected chi connectivity index (χ1v) is 5.78. The standard InChI is InChI=1S/C11H14F3N3O/c1-6(15)10-16-8(9(18)11(12,13)14)7-4-2-3-5-17(7)10/h6H,2-5,15H2,1H3. The fraction of sp³-hybridized carbons (Fsp3) is 0.636. The number of hydrogen-bond acceptors (Lipinski definition) is 3. The Morgan fingerprint density at radius 1 is 1.44 bits per heavy atom. The molecule has 7 heteroatoms. The molecule has 1 aromatic heterocycles. The first kappa shape index (κ1) is 13.1. The van der Waals surface area contributed by atoms with Crippen LogP contribution in [-0.4, -0.2) is 21.5 Å². The number of alkyl halides is 3. The molecule has 0 saturated carbocycles. The quantitative estimate of drug-likeness (QED) is 0.828. The van der Waals surface area contributed by atoms with Gasteiger partial charge in [0.15, 0.2) is 0 Å². The minimum Gasteiger partial charge on any atom is -0.330 e. The third-order valence-electron chi connectivity index (χ3n) is 3.03. The van der Waals surface area contributed by atoms with Gasteiger partial charge in [0.1, 0.15) is 11.5 Å². The average molecular weight is 261 g/mol. The SMILES string of the molecule is CC(N)c1nc(C(=O)C(F)(F)F)c2n1CCCC2. The summed E-state index contributed by atoms with van der Waals surface area (Å²) >= 11 is 0. The van der Waals surface area contributed by atoms with Crippen LogP contribution in [0.3, 0.4) is 0 Å². The maximum atomic E-state index is 12.5. The number of hydrogen-bond donors (Lipinski definition) is 1. The summed E-state index contributed by atoms with van der Waals surface area (Å²) < 4.78 is 39.1. The molecule has 0 saturated heterocycles. The van der Waals surface area contributed by atoms with Gasteiger partial charge in [0.25, 0.3) is 5.78 Å². The predicted molar refractivity (Wildman–Crippen MR) is 58.2 cm³/mol. The van der Waals surface area contributed by atoms with Crippen LogP contribution in [0.5, 0.6) is 0 Å². The summed E-state index contributed by atoms with van der Waals surface area (Å²) in [6.07, 6.45) is -2.82. The lowest BCUT2D eigenvalue weighted by atomic mass is 10.1. The molecule has 1 atom stereocenters. The summed E-state index contributed by atoms with van der Waals surface area (Å²) in [7, 11) is 0. The minimum atomic E-state index is -4.89. The number of carbonyl (C=O) groups excluding carboxylic acids is 1. The minimum absolute atomic E-state index is 0.359. The number of halogens is 3. The zero-order chi connectivity index (χ0) is 13.5. The Morgan fingerprint density at radius 3 is 2.67 bits per heavy atom. The Kier molecular flexibility index (Phi) is 3.18. The second-order valence-corrected chi connectivity index (χ2v) is 4.49. The van der Waals surface area contributed by atoms with E-state index in [1.165, 1.54) is 0 Å². The van der Waals surface area contributed by atoms with Crippen molar-refractivity contribution in [3.8, 4) is 0 Å². The van der Waals surface area contributed by atoms with Crippen LogP contribution in [0.15, 0.2) is 0 Å². The predicted octanol–water partition coefficient (Wildman–Crippen LogP) is 1.98. The van der Waals surface area contributed by atoms with E-state index in [1.54, 1.807) is 11.5 Å². The number of rotatable bonds is 2. The van der Waals surface area contributed by atoms with E-state index in [0.29, 0.717) is 24.5 Å². The van der Waals surface area contributed by atoms with E-state index in [1.807, 2.05) is 0 Å². The molecule has 0 fully saturated rings. The number of aromatic nitrogens is 2. The van der Waals surface area contributed by atoms with E-state index in [4.69, 9.17) is 5.73 Å². The summed E-state index contributed by atoms with van der Waals surface area (Å²) in [5.74, 6) is -1.52. The molecule has 0 spiro atoms. The van der Waals surface area contributed by atoms with Gasteiger partial charge in [-0.2, -0.15) is 13.2 Å². The second-order valence-electron chi connectivity index (χ2n) is 4.49. The van der Waals surface area contributed by atoms with Crippen molar-refractivity contribution in [2.45, 2.75) is 44.9 Å². The van der Waals surface area contributed by atoms with Crippen LogP contribution < -0.4 is 5.73 Å². The molecule has 0 aromatic carbocycles. The summed E-state index contributed by atoms with van der Waals surface area (Å²) in [5.41, 5.74) is 5.58. The van der Waals surface area contributed by atoms with E-state index in [2.05, 4.69) is 4.98 Å². The van der Waals surface area contributed by atoms with Gasteiger partial charge in [0, 0.05) is 12.2 Å². The largest absolute Gasteiger partial charge is 0.456 e. The summed E-state index contributed by atoms with van der Waals surface area (Å²) in [6.45, 7) is 2.22. The van der Waals surface area contributed by atoms with Crippen molar-refractivity contribution < 1.29 is 18.0 Å². The molecule has 0 radical (unpaired) electrons. The lowest BCUT2D eigenvalue weighted by Crippen LogP contribution is -2.25. The topological polar surface area (TPSA) is 60.9 Å². The fourth-order valence-corrected chi connectivity index (χ4v) is 2.23. The molecule has 4 nitrogen and oxygen atoms in total. The second kappa shape index (κ2) is 4.38. The Labute approximate surface area is 102 Å². The van der Waals surface area contributed by atoms with Crippen LogP contribution >= 0.6 is 0 Å². The molecule has 0 bridgehead atoms. The normalized spacial score (nSPS) is 17.4. The van der Waals surface area contributed by atoms with Crippen molar-refractivity contribution in [2.24, 2.45) is 5.73 Å². The molecule has 2 N–H and O–H groups in total. The molecule has 1 aliphatic heterocycles. The number of carbonyl (C=O) groups is 1. The molecule has 1 aliphatic rings. The van der Waals surface area contributed by atoms with E-state index >= 15 is 0 Å². The number of nitrogens with zero attached hydrogens (tertiary/aromatic N) is 2. The Balaban J connectivity index is 2.52. The number of fused-ring (bicyclic) bond motifs is 1. The average Bonchev–Trinajstić information content (AvgIpc) is 2.66. The Bertz CT molecular complexity index is 477. The van der Waals surface area contributed by atoms with E-state index in [0.717, 1.165) is 12.8 Å². The highest BCUT2D eigenvalue weighted by molar-refractivity contribution is 5.99. The molecular formula is C11H14F3N3O. The molecule has 100 valence electrons. The van der Waals surface area contributed by atoms with Crippen molar-refractivity contribution in [1.29, 1.82) is 0 Å². The summed E-state index contributed by atoms with van der Waals surface area (Å²) in [5, 5.41) is 0. The smallest absolute Gasteiger partial charge is 0.330 e. The third-order valence-corrected chi connectivity index (χ3v) is 3.03. The number of Topliss-reactive ketones (excluding diaryl/α,β-unsaturated/α-hetero) is 1. The van der Waals surface area contributed by atoms with Gasteiger partial charge in [-0.1, -0.05) is 0 Å². The molecule has 0 amide bonds. The first-order valence-electron chi connectivity index (χ1n) is 5.78. The van der Waals surface area contributed by atoms with Gasteiger partial charge in [-0.05, 0) is 26.2 Å². The summed E-state index contributed by atoms with van der Waals surface area (Å²) in [4.78, 5) is 15.2. The number of imidazole rings is 1. The number of ketones is 1. The van der Waals surface area contributed by atoms with Crippen molar-refractivity contribution in [3.05, 3.63) is 17.2 Å². The molecule has 0 aliphatic carbocycles. The maximum Gasteiger partial charge on any atom is 0.456 e. The van der Waals surface area contributed by atoms with Gasteiger partial charge in [0.05, 0.1) is 6.04 Å². The van der Waals surface area contributed by atoms with Crippen LogP contribution in [0.2, 0.25) is 0 Å². The van der Waals surface area contributed by atoms with E-state index in [-0.39, 0.29) is 0 Å². The van der Waals surface area contributed by atoms with Crippen molar-refractivity contribution in [1.82, 2.24) is 9.55 Å². The zero-order valence-corrected chi connectivity index (χ0v) is 9.92. The van der Waals surface area contributed by atoms with Gasteiger partial charge in [-0.3, -0.25) is 4.79 Å². The van der Waals surface area contributed by atoms with Crippen molar-refractivity contribution in [2.75, 3.05) is 0 Å². The lowest BCUT2D eigenvalue weighted by Gasteiger charge is -2.18. The monoisotopic (exact) mass is 261 g/mol. The van der Waals surface area contributed by atoms with Gasteiger partial charge in [-0.25, -0.2) is 4.98 Å². The Hall–Kier alpha value is -1.37. The maximum absolute atomic E-state index is 12.5. The lowest BCUT2D eigenvalue weighted by molar-refractivity contribution is -0.0888. The number of nitrogens with two attached hydrogens (primary N) is 1. The van der Waals surface area contributed by atoms with Gasteiger partial charge in [0.2, 0.25) is 0 Å². The van der Waals surface area contributed by atoms with Crippen LogP contribution in [0.1, 0.15) is 47.8 Å². The highest BCUT2D eigenvalue weighted by Gasteiger charge is 2.43. The molecular weight excluding hydrogens is 247 g/mol. The van der Waals surface area contributed by atoms with Crippen LogP contribution in [0.25, 0.3) is 0 Å². The molecule has 18 heavy (non-hydrogen) atoms. The highest BCUT2D eigenvalue weighted by Crippen LogP contribution is 2.28.